The fraction of sp³-hybridized carbons (Fsp3) is 0.533. The van der Waals surface area contributed by atoms with E-state index in [9.17, 15) is 4.79 Å². The molecule has 1 amide bonds. The molecule has 0 heterocycles. The van der Waals surface area contributed by atoms with Crippen LogP contribution in [-0.2, 0) is 10.3 Å². The monoisotopic (exact) mass is 311 g/mol. The highest BCUT2D eigenvalue weighted by Crippen LogP contribution is 2.23. The van der Waals surface area contributed by atoms with Crippen LogP contribution in [-0.4, -0.2) is 11.2 Å². The van der Waals surface area contributed by atoms with Gasteiger partial charge in [0.1, 0.15) is 0 Å². The van der Waals surface area contributed by atoms with E-state index in [1.54, 1.807) is 0 Å². The number of carbonyl (C=O) groups is 1. The fourth-order valence-corrected chi connectivity index (χ4v) is 2.24. The summed E-state index contributed by atoms with van der Waals surface area (Å²) in [5.74, 6) is 0.678. The lowest BCUT2D eigenvalue weighted by Crippen LogP contribution is -2.44. The summed E-state index contributed by atoms with van der Waals surface area (Å²) in [6.07, 6.45) is 1.52. The SMILES string of the molecule is CC(C)CCC(=O)NC(C)(CBr)c1ccccc1. The van der Waals surface area contributed by atoms with Gasteiger partial charge < -0.3 is 5.32 Å². The lowest BCUT2D eigenvalue weighted by atomic mass is 9.94. The third-order valence-corrected chi connectivity index (χ3v) is 4.16. The predicted molar refractivity (Wildman–Crippen MR) is 79.8 cm³/mol. The Morgan fingerprint density at radius 2 is 1.94 bits per heavy atom. The quantitative estimate of drug-likeness (QED) is 0.794. The molecule has 0 saturated carbocycles. The normalized spacial score (nSPS) is 14.3. The molecule has 0 radical (unpaired) electrons. The summed E-state index contributed by atoms with van der Waals surface area (Å²) < 4.78 is 0. The smallest absolute Gasteiger partial charge is 0.220 e. The number of carbonyl (C=O) groups excluding carboxylic acids is 1. The topological polar surface area (TPSA) is 29.1 Å². The molecule has 0 saturated heterocycles. The Labute approximate surface area is 118 Å². The summed E-state index contributed by atoms with van der Waals surface area (Å²) in [6.45, 7) is 6.31. The second-order valence-electron chi connectivity index (χ2n) is 5.31. The minimum Gasteiger partial charge on any atom is -0.346 e. The summed E-state index contributed by atoms with van der Waals surface area (Å²) in [7, 11) is 0. The molecule has 3 heteroatoms. The Balaban J connectivity index is 2.69. The number of hydrogen-bond donors (Lipinski definition) is 1. The van der Waals surface area contributed by atoms with Gasteiger partial charge in [0, 0.05) is 11.8 Å². The standard InChI is InChI=1S/C15H22BrNO/c1-12(2)9-10-14(18)17-15(3,11-16)13-7-5-4-6-8-13/h4-8,12H,9-11H2,1-3H3,(H,17,18). The lowest BCUT2D eigenvalue weighted by molar-refractivity contribution is -0.123. The third-order valence-electron chi connectivity index (χ3n) is 3.04. The number of rotatable bonds is 6. The average Bonchev–Trinajstić information content (AvgIpc) is 2.37. The number of alkyl halides is 1. The molecule has 0 aromatic heterocycles. The van der Waals surface area contributed by atoms with Crippen molar-refractivity contribution in [2.24, 2.45) is 5.92 Å². The zero-order valence-electron chi connectivity index (χ0n) is 11.4. The Kier molecular flexibility index (Phi) is 5.86. The molecule has 0 aliphatic heterocycles. The molecular formula is C15H22BrNO. The van der Waals surface area contributed by atoms with Crippen LogP contribution in [0.15, 0.2) is 30.3 Å². The minimum atomic E-state index is -0.338. The van der Waals surface area contributed by atoms with Gasteiger partial charge in [-0.25, -0.2) is 0 Å². The lowest BCUT2D eigenvalue weighted by Gasteiger charge is -2.29. The highest BCUT2D eigenvalue weighted by molar-refractivity contribution is 9.09. The van der Waals surface area contributed by atoms with Gasteiger partial charge in [0.15, 0.2) is 0 Å². The molecule has 0 aliphatic rings. The molecule has 0 bridgehead atoms. The second-order valence-corrected chi connectivity index (χ2v) is 5.87. The van der Waals surface area contributed by atoms with E-state index >= 15 is 0 Å². The molecule has 18 heavy (non-hydrogen) atoms. The first-order valence-corrected chi connectivity index (χ1v) is 7.52. The van der Waals surface area contributed by atoms with Crippen molar-refractivity contribution in [2.75, 3.05) is 5.33 Å². The molecule has 1 atom stereocenters. The molecule has 1 unspecified atom stereocenters. The van der Waals surface area contributed by atoms with Gasteiger partial charge in [0.2, 0.25) is 5.91 Å². The van der Waals surface area contributed by atoms with Crippen molar-refractivity contribution >= 4 is 21.8 Å². The van der Waals surface area contributed by atoms with Crippen LogP contribution in [0.25, 0.3) is 0 Å². The maximum absolute atomic E-state index is 12.0. The Hall–Kier alpha value is -0.830. The summed E-state index contributed by atoms with van der Waals surface area (Å²) in [5, 5.41) is 3.83. The van der Waals surface area contributed by atoms with E-state index in [0.29, 0.717) is 17.7 Å². The third kappa shape index (κ3) is 4.45. The van der Waals surface area contributed by atoms with Crippen LogP contribution in [0, 0.1) is 5.92 Å². The van der Waals surface area contributed by atoms with E-state index in [1.807, 2.05) is 37.3 Å². The van der Waals surface area contributed by atoms with Gasteiger partial charge in [-0.1, -0.05) is 60.1 Å². The Bertz CT molecular complexity index is 377. The molecule has 1 rings (SSSR count). The zero-order chi connectivity index (χ0) is 13.6. The number of benzene rings is 1. The number of hydrogen-bond acceptors (Lipinski definition) is 1. The van der Waals surface area contributed by atoms with Crippen molar-refractivity contribution in [3.63, 3.8) is 0 Å². The first kappa shape index (κ1) is 15.2. The molecule has 1 aromatic rings. The summed E-state index contributed by atoms with van der Waals surface area (Å²) >= 11 is 3.50. The first-order valence-electron chi connectivity index (χ1n) is 6.40. The second kappa shape index (κ2) is 6.93. The summed E-state index contributed by atoms with van der Waals surface area (Å²) in [6, 6.07) is 10.1. The van der Waals surface area contributed by atoms with Gasteiger partial charge in [-0.15, -0.1) is 0 Å². The predicted octanol–water partition coefficient (Wildman–Crippen LogP) is 3.85. The molecule has 2 nitrogen and oxygen atoms in total. The maximum atomic E-state index is 12.0. The number of amides is 1. The Morgan fingerprint density at radius 1 is 1.33 bits per heavy atom. The van der Waals surface area contributed by atoms with Gasteiger partial charge in [-0.05, 0) is 24.8 Å². The van der Waals surface area contributed by atoms with E-state index < -0.39 is 0 Å². The largest absolute Gasteiger partial charge is 0.346 e. The van der Waals surface area contributed by atoms with Crippen LogP contribution < -0.4 is 5.32 Å². The number of halogens is 1. The van der Waals surface area contributed by atoms with Gasteiger partial charge in [0.25, 0.3) is 0 Å². The molecule has 0 spiro atoms. The van der Waals surface area contributed by atoms with Crippen molar-refractivity contribution in [1.82, 2.24) is 5.32 Å². The highest BCUT2D eigenvalue weighted by Gasteiger charge is 2.26. The van der Waals surface area contributed by atoms with E-state index in [0.717, 1.165) is 12.0 Å². The molecular weight excluding hydrogens is 290 g/mol. The van der Waals surface area contributed by atoms with Crippen LogP contribution >= 0.6 is 15.9 Å². The molecule has 0 aliphatic carbocycles. The molecule has 1 aromatic carbocycles. The van der Waals surface area contributed by atoms with E-state index in [-0.39, 0.29) is 11.4 Å². The van der Waals surface area contributed by atoms with Crippen LogP contribution in [0.2, 0.25) is 0 Å². The van der Waals surface area contributed by atoms with Crippen LogP contribution in [0.3, 0.4) is 0 Å². The van der Waals surface area contributed by atoms with Crippen molar-refractivity contribution in [1.29, 1.82) is 0 Å². The van der Waals surface area contributed by atoms with E-state index in [2.05, 4.69) is 35.1 Å². The van der Waals surface area contributed by atoms with Crippen LogP contribution in [0.1, 0.15) is 39.2 Å². The minimum absolute atomic E-state index is 0.120. The van der Waals surface area contributed by atoms with Crippen molar-refractivity contribution in [3.05, 3.63) is 35.9 Å². The Morgan fingerprint density at radius 3 is 2.44 bits per heavy atom. The maximum Gasteiger partial charge on any atom is 0.220 e. The number of nitrogens with one attached hydrogen (secondary N) is 1. The van der Waals surface area contributed by atoms with Crippen LogP contribution in [0.4, 0.5) is 0 Å². The van der Waals surface area contributed by atoms with E-state index in [4.69, 9.17) is 0 Å². The molecule has 0 fully saturated rings. The van der Waals surface area contributed by atoms with Gasteiger partial charge in [-0.2, -0.15) is 0 Å². The average molecular weight is 312 g/mol. The fourth-order valence-electron chi connectivity index (χ4n) is 1.78. The van der Waals surface area contributed by atoms with Gasteiger partial charge >= 0.3 is 0 Å². The summed E-state index contributed by atoms with van der Waals surface area (Å²) in [4.78, 5) is 12.0. The summed E-state index contributed by atoms with van der Waals surface area (Å²) in [5.41, 5.74) is 0.787. The highest BCUT2D eigenvalue weighted by atomic mass is 79.9. The first-order chi connectivity index (χ1) is 8.48. The van der Waals surface area contributed by atoms with Gasteiger partial charge in [0.05, 0.1) is 5.54 Å². The van der Waals surface area contributed by atoms with Crippen molar-refractivity contribution < 1.29 is 4.79 Å². The van der Waals surface area contributed by atoms with E-state index in [1.165, 1.54) is 0 Å². The molecule has 100 valence electrons. The van der Waals surface area contributed by atoms with Crippen molar-refractivity contribution in [2.45, 2.75) is 39.2 Å². The van der Waals surface area contributed by atoms with Crippen molar-refractivity contribution in [3.8, 4) is 0 Å². The molecule has 1 N–H and O–H groups in total. The van der Waals surface area contributed by atoms with Gasteiger partial charge in [-0.3, -0.25) is 4.79 Å². The van der Waals surface area contributed by atoms with Crippen LogP contribution in [0.5, 0.6) is 0 Å². The zero-order valence-corrected chi connectivity index (χ0v) is 13.0.